The van der Waals surface area contributed by atoms with Gasteiger partial charge in [0.1, 0.15) is 11.3 Å². The van der Waals surface area contributed by atoms with E-state index in [-0.39, 0.29) is 35.8 Å². The molecule has 1 aliphatic carbocycles. The van der Waals surface area contributed by atoms with Crippen molar-refractivity contribution in [3.05, 3.63) is 29.8 Å². The Kier molecular flexibility index (Phi) is 6.26. The largest absolute Gasteiger partial charge is 0.494 e. The maximum absolute atomic E-state index is 13.3. The molecule has 5 nitrogen and oxygen atoms in total. The minimum atomic E-state index is -0.868. The molecule has 6 heteroatoms. The van der Waals surface area contributed by atoms with Gasteiger partial charge in [-0.25, -0.2) is 0 Å². The fourth-order valence-electron chi connectivity index (χ4n) is 4.58. The third-order valence-corrected chi connectivity index (χ3v) is 6.07. The molecular weight excluding hydrogens is 352 g/mol. The topological polar surface area (TPSA) is 64.8 Å². The van der Waals surface area contributed by atoms with Crippen LogP contribution in [0.5, 0.6) is 5.75 Å². The number of hydrogen-bond acceptors (Lipinski definition) is 4. The van der Waals surface area contributed by atoms with E-state index in [9.17, 15) is 4.79 Å². The Bertz CT molecular complexity index is 652. The highest BCUT2D eigenvalue weighted by molar-refractivity contribution is 5.89. The Balaban J connectivity index is 0.00000243. The molecule has 26 heavy (non-hydrogen) atoms. The number of carbonyl (C=O) groups is 1. The van der Waals surface area contributed by atoms with E-state index in [0.29, 0.717) is 13.2 Å². The Morgan fingerprint density at radius 2 is 2.08 bits per heavy atom. The Hall–Kier alpha value is -1.30. The maximum Gasteiger partial charge on any atom is 0.243 e. The second-order valence-corrected chi connectivity index (χ2v) is 7.83. The molecule has 3 unspecified atom stereocenters. The Morgan fingerprint density at radius 3 is 2.77 bits per heavy atom. The molecule has 2 fully saturated rings. The lowest BCUT2D eigenvalue weighted by Crippen LogP contribution is -2.82. The van der Waals surface area contributed by atoms with Gasteiger partial charge in [-0.15, -0.1) is 12.4 Å². The standard InChI is InChI=1S/C20H30N2O3.ClH/c1-5-24-16-11-7-6-9-14(16)13-22(4)18(23)20(21)15-10-8-12-25-17(15)19(20,2)3;/h6-7,9,11,15,17H,5,8,10,12-13,21H2,1-4H3;1H. The monoisotopic (exact) mass is 382 g/mol. The van der Waals surface area contributed by atoms with Gasteiger partial charge in [0.15, 0.2) is 0 Å². The zero-order valence-corrected chi connectivity index (χ0v) is 17.0. The van der Waals surface area contributed by atoms with Crippen molar-refractivity contribution < 1.29 is 14.3 Å². The number of ether oxygens (including phenoxy) is 2. The van der Waals surface area contributed by atoms with E-state index in [1.165, 1.54) is 0 Å². The molecule has 1 amide bonds. The number of carbonyl (C=O) groups excluding carboxylic acids is 1. The number of nitrogens with zero attached hydrogens (tertiary/aromatic N) is 1. The molecule has 1 heterocycles. The summed E-state index contributed by atoms with van der Waals surface area (Å²) in [6, 6.07) is 7.84. The van der Waals surface area contributed by atoms with Gasteiger partial charge in [0, 0.05) is 37.1 Å². The number of benzene rings is 1. The van der Waals surface area contributed by atoms with Gasteiger partial charge < -0.3 is 20.1 Å². The maximum atomic E-state index is 13.3. The van der Waals surface area contributed by atoms with E-state index in [4.69, 9.17) is 15.2 Å². The van der Waals surface area contributed by atoms with E-state index in [1.807, 2.05) is 38.2 Å². The quantitative estimate of drug-likeness (QED) is 0.850. The van der Waals surface area contributed by atoms with Gasteiger partial charge in [0.05, 0.1) is 12.7 Å². The number of fused-ring (bicyclic) bond motifs is 1. The fraction of sp³-hybridized carbons (Fsp3) is 0.650. The molecule has 0 radical (unpaired) electrons. The zero-order chi connectivity index (χ0) is 18.2. The highest BCUT2D eigenvalue weighted by Crippen LogP contribution is 2.57. The summed E-state index contributed by atoms with van der Waals surface area (Å²) in [7, 11) is 1.83. The summed E-state index contributed by atoms with van der Waals surface area (Å²) in [5.41, 5.74) is 6.50. The van der Waals surface area contributed by atoms with Crippen LogP contribution in [0.25, 0.3) is 0 Å². The van der Waals surface area contributed by atoms with Crippen molar-refractivity contribution in [3.8, 4) is 5.75 Å². The van der Waals surface area contributed by atoms with E-state index in [0.717, 1.165) is 30.8 Å². The molecule has 1 saturated heterocycles. The van der Waals surface area contributed by atoms with Crippen LogP contribution in [0.1, 0.15) is 39.2 Å². The first-order valence-electron chi connectivity index (χ1n) is 9.20. The number of nitrogens with two attached hydrogens (primary N) is 1. The van der Waals surface area contributed by atoms with Crippen LogP contribution in [0, 0.1) is 11.3 Å². The van der Waals surface area contributed by atoms with Gasteiger partial charge in [0.25, 0.3) is 0 Å². The molecule has 3 atom stereocenters. The molecule has 0 bridgehead atoms. The lowest BCUT2D eigenvalue weighted by Gasteiger charge is -2.65. The number of amides is 1. The van der Waals surface area contributed by atoms with Crippen molar-refractivity contribution in [1.82, 2.24) is 4.90 Å². The SMILES string of the molecule is CCOc1ccccc1CN(C)C(=O)C1(N)C2CCCOC2C1(C)C.Cl. The summed E-state index contributed by atoms with van der Waals surface area (Å²) in [5, 5.41) is 0. The highest BCUT2D eigenvalue weighted by atomic mass is 35.5. The van der Waals surface area contributed by atoms with Crippen molar-refractivity contribution in [2.24, 2.45) is 17.1 Å². The number of likely N-dealkylation sites (N-methyl/N-ethyl adjacent to an activating group) is 1. The predicted molar refractivity (Wildman–Crippen MR) is 104 cm³/mol. The summed E-state index contributed by atoms with van der Waals surface area (Å²) in [6.07, 6.45) is 2.01. The summed E-state index contributed by atoms with van der Waals surface area (Å²) >= 11 is 0. The van der Waals surface area contributed by atoms with Crippen LogP contribution in [-0.4, -0.2) is 42.7 Å². The highest BCUT2D eigenvalue weighted by Gasteiger charge is 2.70. The Labute approximate surface area is 162 Å². The molecule has 0 aromatic heterocycles. The normalized spacial score (nSPS) is 29.0. The second kappa shape index (κ2) is 7.75. The van der Waals surface area contributed by atoms with E-state index >= 15 is 0 Å². The fourth-order valence-corrected chi connectivity index (χ4v) is 4.58. The Morgan fingerprint density at radius 1 is 1.38 bits per heavy atom. The van der Waals surface area contributed by atoms with Gasteiger partial charge in [0.2, 0.25) is 5.91 Å². The molecule has 2 aliphatic rings. The number of rotatable bonds is 5. The lowest BCUT2D eigenvalue weighted by atomic mass is 9.46. The number of para-hydroxylation sites is 1. The van der Waals surface area contributed by atoms with Gasteiger partial charge in [-0.2, -0.15) is 0 Å². The molecule has 1 aromatic rings. The smallest absolute Gasteiger partial charge is 0.243 e. The lowest BCUT2D eigenvalue weighted by molar-refractivity contribution is -0.229. The first-order chi connectivity index (χ1) is 11.8. The van der Waals surface area contributed by atoms with Crippen LogP contribution in [0.15, 0.2) is 24.3 Å². The van der Waals surface area contributed by atoms with Crippen molar-refractivity contribution in [2.45, 2.75) is 51.8 Å². The van der Waals surface area contributed by atoms with Gasteiger partial charge >= 0.3 is 0 Å². The van der Waals surface area contributed by atoms with Crippen LogP contribution < -0.4 is 10.5 Å². The van der Waals surface area contributed by atoms with E-state index < -0.39 is 5.54 Å². The molecule has 1 aliphatic heterocycles. The van der Waals surface area contributed by atoms with Crippen LogP contribution in [0.2, 0.25) is 0 Å². The third kappa shape index (κ3) is 3.10. The van der Waals surface area contributed by atoms with Crippen molar-refractivity contribution in [3.63, 3.8) is 0 Å². The number of halogens is 1. The molecular formula is C20H31ClN2O3. The van der Waals surface area contributed by atoms with Crippen molar-refractivity contribution in [2.75, 3.05) is 20.3 Å². The molecule has 2 N–H and O–H groups in total. The van der Waals surface area contributed by atoms with Gasteiger partial charge in [-0.3, -0.25) is 4.79 Å². The minimum absolute atomic E-state index is 0. The average molecular weight is 383 g/mol. The van der Waals surface area contributed by atoms with Crippen LogP contribution in [0.3, 0.4) is 0 Å². The van der Waals surface area contributed by atoms with E-state index in [2.05, 4.69) is 13.8 Å². The predicted octanol–water partition coefficient (Wildman–Crippen LogP) is 3.00. The summed E-state index contributed by atoms with van der Waals surface area (Å²) < 4.78 is 11.6. The number of hydrogen-bond donors (Lipinski definition) is 1. The molecule has 1 saturated carbocycles. The second-order valence-electron chi connectivity index (χ2n) is 7.83. The molecule has 146 valence electrons. The van der Waals surface area contributed by atoms with Gasteiger partial charge in [-0.05, 0) is 25.8 Å². The van der Waals surface area contributed by atoms with Crippen molar-refractivity contribution >= 4 is 18.3 Å². The summed E-state index contributed by atoms with van der Waals surface area (Å²) in [6.45, 7) is 7.93. The zero-order valence-electron chi connectivity index (χ0n) is 16.2. The molecule has 3 rings (SSSR count). The van der Waals surface area contributed by atoms with E-state index in [1.54, 1.807) is 4.90 Å². The van der Waals surface area contributed by atoms with Crippen LogP contribution in [-0.2, 0) is 16.1 Å². The molecule has 0 spiro atoms. The van der Waals surface area contributed by atoms with Gasteiger partial charge in [-0.1, -0.05) is 32.0 Å². The van der Waals surface area contributed by atoms with Crippen LogP contribution >= 0.6 is 12.4 Å². The third-order valence-electron chi connectivity index (χ3n) is 6.07. The van der Waals surface area contributed by atoms with Crippen molar-refractivity contribution in [1.29, 1.82) is 0 Å². The molecule has 1 aromatic carbocycles. The van der Waals surface area contributed by atoms with Crippen LogP contribution in [0.4, 0.5) is 0 Å². The first kappa shape index (κ1) is 21.0. The summed E-state index contributed by atoms with van der Waals surface area (Å²) in [4.78, 5) is 15.0. The minimum Gasteiger partial charge on any atom is -0.494 e. The average Bonchev–Trinajstić information content (AvgIpc) is 2.62. The first-order valence-corrected chi connectivity index (χ1v) is 9.20. The summed E-state index contributed by atoms with van der Waals surface area (Å²) in [5.74, 6) is 0.923.